The van der Waals surface area contributed by atoms with Gasteiger partial charge in [0.25, 0.3) is 0 Å². The van der Waals surface area contributed by atoms with E-state index in [1.165, 1.54) is 22.7 Å². The fraction of sp³-hybridized carbons (Fsp3) is 0.250. The Morgan fingerprint density at radius 3 is 2.40 bits per heavy atom. The summed E-state index contributed by atoms with van der Waals surface area (Å²) in [5, 5.41) is 0. The second-order valence-electron chi connectivity index (χ2n) is 6.91. The molecule has 0 bridgehead atoms. The Bertz CT molecular complexity index is 1160. The van der Waals surface area contributed by atoms with E-state index in [0.29, 0.717) is 42.8 Å². The Morgan fingerprint density at radius 1 is 0.967 bits per heavy atom. The van der Waals surface area contributed by atoms with Gasteiger partial charge in [-0.25, -0.2) is 26.6 Å². The van der Waals surface area contributed by atoms with Crippen LogP contribution in [-0.2, 0) is 16.6 Å². The van der Waals surface area contributed by atoms with Crippen LogP contribution in [0.15, 0.2) is 58.0 Å². The molecule has 1 aromatic heterocycles. The van der Waals surface area contributed by atoms with Gasteiger partial charge in [0.05, 0.1) is 5.69 Å². The molecule has 2 aromatic carbocycles. The average Bonchev–Trinajstić information content (AvgIpc) is 3.17. The van der Waals surface area contributed by atoms with Gasteiger partial charge >= 0.3 is 0 Å². The number of piperazine rings is 1. The van der Waals surface area contributed by atoms with Gasteiger partial charge in [-0.2, -0.15) is 4.31 Å². The van der Waals surface area contributed by atoms with Crippen molar-refractivity contribution in [1.29, 1.82) is 0 Å². The minimum atomic E-state index is -4.05. The smallest absolute Gasteiger partial charge is 0.246 e. The highest BCUT2D eigenvalue weighted by Gasteiger charge is 2.31. The van der Waals surface area contributed by atoms with Crippen LogP contribution in [0.5, 0.6) is 0 Å². The lowest BCUT2D eigenvalue weighted by Crippen LogP contribution is -2.48. The van der Waals surface area contributed by atoms with Crippen LogP contribution >= 0.6 is 0 Å². The fourth-order valence-corrected chi connectivity index (χ4v) is 4.78. The summed E-state index contributed by atoms with van der Waals surface area (Å²) in [5.41, 5.74) is 1.16. The van der Waals surface area contributed by atoms with Gasteiger partial charge in [-0.15, -0.1) is 0 Å². The van der Waals surface area contributed by atoms with Gasteiger partial charge in [0.1, 0.15) is 28.6 Å². The number of benzene rings is 2. The minimum absolute atomic E-state index is 0.160. The molecule has 10 heteroatoms. The number of halogens is 3. The molecule has 3 aromatic rings. The molecule has 158 valence electrons. The number of hydrogen-bond donors (Lipinski definition) is 0. The van der Waals surface area contributed by atoms with Crippen molar-refractivity contribution in [1.82, 2.24) is 14.2 Å². The summed E-state index contributed by atoms with van der Waals surface area (Å²) in [7, 11) is -4.05. The third-order valence-electron chi connectivity index (χ3n) is 4.85. The normalized spacial score (nSPS) is 16.1. The maximum atomic E-state index is 13.9. The van der Waals surface area contributed by atoms with Crippen molar-refractivity contribution in [3.05, 3.63) is 71.9 Å². The monoisotopic (exact) mass is 437 g/mol. The Labute approximate surface area is 171 Å². The maximum absolute atomic E-state index is 13.9. The highest BCUT2D eigenvalue weighted by atomic mass is 32.2. The van der Waals surface area contributed by atoms with E-state index in [4.69, 9.17) is 4.42 Å². The van der Waals surface area contributed by atoms with Crippen molar-refractivity contribution >= 4 is 10.0 Å². The molecule has 0 spiro atoms. The summed E-state index contributed by atoms with van der Waals surface area (Å²) < 4.78 is 72.3. The molecule has 6 nitrogen and oxygen atoms in total. The van der Waals surface area contributed by atoms with E-state index in [9.17, 15) is 21.6 Å². The van der Waals surface area contributed by atoms with Gasteiger partial charge < -0.3 is 4.42 Å². The number of oxazole rings is 1. The molecule has 30 heavy (non-hydrogen) atoms. The molecule has 0 unspecified atom stereocenters. The minimum Gasteiger partial charge on any atom is -0.444 e. The highest BCUT2D eigenvalue weighted by Crippen LogP contribution is 2.23. The van der Waals surface area contributed by atoms with Crippen LogP contribution in [0.1, 0.15) is 5.69 Å². The predicted octanol–water partition coefficient (Wildman–Crippen LogP) is 3.27. The maximum Gasteiger partial charge on any atom is 0.246 e. The number of aromatic nitrogens is 1. The van der Waals surface area contributed by atoms with Crippen molar-refractivity contribution in [3.8, 4) is 11.5 Å². The second kappa shape index (κ2) is 8.21. The average molecular weight is 437 g/mol. The molecule has 1 saturated heterocycles. The molecular formula is C20H18F3N3O3S. The summed E-state index contributed by atoms with van der Waals surface area (Å²) in [4.78, 5) is 5.81. The van der Waals surface area contributed by atoms with E-state index in [2.05, 4.69) is 4.98 Å². The zero-order valence-corrected chi connectivity index (χ0v) is 16.6. The van der Waals surface area contributed by atoms with Crippen LogP contribution in [0.2, 0.25) is 0 Å². The van der Waals surface area contributed by atoms with Gasteiger partial charge in [0, 0.05) is 44.4 Å². The lowest BCUT2D eigenvalue weighted by molar-refractivity contribution is 0.179. The Balaban J connectivity index is 1.39. The number of rotatable bonds is 5. The van der Waals surface area contributed by atoms with Crippen LogP contribution < -0.4 is 0 Å². The van der Waals surface area contributed by atoms with Crippen LogP contribution in [-0.4, -0.2) is 48.8 Å². The third kappa shape index (κ3) is 4.25. The highest BCUT2D eigenvalue weighted by molar-refractivity contribution is 7.89. The Hall–Kier alpha value is -2.69. The molecule has 0 aliphatic carbocycles. The molecule has 0 radical (unpaired) electrons. The first kappa shape index (κ1) is 20.6. The topological polar surface area (TPSA) is 66.7 Å². The number of sulfonamides is 1. The fourth-order valence-electron chi connectivity index (χ4n) is 3.31. The molecule has 1 fully saturated rings. The van der Waals surface area contributed by atoms with Crippen LogP contribution in [0, 0.1) is 17.5 Å². The van der Waals surface area contributed by atoms with Crippen molar-refractivity contribution in [3.63, 3.8) is 0 Å². The van der Waals surface area contributed by atoms with E-state index in [1.807, 2.05) is 4.90 Å². The summed E-state index contributed by atoms with van der Waals surface area (Å²) in [5.74, 6) is -2.02. The Kier molecular flexibility index (Phi) is 5.63. The molecule has 1 aliphatic rings. The summed E-state index contributed by atoms with van der Waals surface area (Å²) in [6.45, 7) is 1.56. The zero-order chi connectivity index (χ0) is 21.3. The first-order valence-corrected chi connectivity index (χ1v) is 10.6. The Morgan fingerprint density at radius 2 is 1.70 bits per heavy atom. The number of hydrogen-bond acceptors (Lipinski definition) is 5. The summed E-state index contributed by atoms with van der Waals surface area (Å²) in [6.07, 6.45) is 1.48. The van der Waals surface area contributed by atoms with Gasteiger partial charge in [-0.1, -0.05) is 6.07 Å². The van der Waals surface area contributed by atoms with E-state index in [-0.39, 0.29) is 18.9 Å². The van der Waals surface area contributed by atoms with Crippen molar-refractivity contribution in [2.75, 3.05) is 26.2 Å². The first-order chi connectivity index (χ1) is 14.3. The van der Waals surface area contributed by atoms with Crippen LogP contribution in [0.4, 0.5) is 13.2 Å². The molecular weight excluding hydrogens is 419 g/mol. The first-order valence-electron chi connectivity index (χ1n) is 9.21. The molecule has 0 N–H and O–H groups in total. The standard InChI is InChI=1S/C20H18F3N3O3S/c21-15-3-1-2-14(10-15)20-24-17(13-29-20)12-25-6-8-26(9-7-25)30(27,28)19-5-4-16(22)11-18(19)23/h1-5,10-11,13H,6-9,12H2. The molecule has 0 atom stereocenters. The van der Waals surface area contributed by atoms with E-state index in [1.54, 1.807) is 12.1 Å². The van der Waals surface area contributed by atoms with Crippen LogP contribution in [0.25, 0.3) is 11.5 Å². The summed E-state index contributed by atoms with van der Waals surface area (Å²) >= 11 is 0. The van der Waals surface area contributed by atoms with Crippen molar-refractivity contribution in [2.45, 2.75) is 11.4 Å². The van der Waals surface area contributed by atoms with Crippen molar-refractivity contribution < 1.29 is 26.0 Å². The van der Waals surface area contributed by atoms with Gasteiger partial charge in [-0.3, -0.25) is 4.90 Å². The van der Waals surface area contributed by atoms with Gasteiger partial charge in [0.2, 0.25) is 15.9 Å². The zero-order valence-electron chi connectivity index (χ0n) is 15.8. The number of nitrogens with zero attached hydrogens (tertiary/aromatic N) is 3. The van der Waals surface area contributed by atoms with E-state index < -0.39 is 26.6 Å². The van der Waals surface area contributed by atoms with E-state index in [0.717, 1.165) is 12.1 Å². The predicted molar refractivity (Wildman–Crippen MR) is 102 cm³/mol. The third-order valence-corrected chi connectivity index (χ3v) is 6.78. The SMILES string of the molecule is O=S(=O)(c1ccc(F)cc1F)N1CCN(Cc2coc(-c3cccc(F)c3)n2)CC1. The largest absolute Gasteiger partial charge is 0.444 e. The molecule has 1 aliphatic heterocycles. The lowest BCUT2D eigenvalue weighted by atomic mass is 10.2. The molecule has 0 saturated carbocycles. The quantitative estimate of drug-likeness (QED) is 0.613. The van der Waals surface area contributed by atoms with Crippen LogP contribution in [0.3, 0.4) is 0 Å². The molecule has 4 rings (SSSR count). The van der Waals surface area contributed by atoms with Gasteiger partial charge in [0.15, 0.2) is 0 Å². The summed E-state index contributed by atoms with van der Waals surface area (Å²) in [6, 6.07) is 8.34. The van der Waals surface area contributed by atoms with Gasteiger partial charge in [-0.05, 0) is 30.3 Å². The molecule has 2 heterocycles. The lowest BCUT2D eigenvalue weighted by Gasteiger charge is -2.33. The van der Waals surface area contributed by atoms with Crippen molar-refractivity contribution in [2.24, 2.45) is 0 Å². The van der Waals surface area contributed by atoms with E-state index >= 15 is 0 Å². The second-order valence-corrected chi connectivity index (χ2v) is 8.82. The molecule has 0 amide bonds.